The van der Waals surface area contributed by atoms with Crippen molar-refractivity contribution in [3.63, 3.8) is 0 Å². The van der Waals surface area contributed by atoms with Gasteiger partial charge in [-0.2, -0.15) is 0 Å². The van der Waals surface area contributed by atoms with E-state index in [2.05, 4.69) is 10.6 Å². The third-order valence-corrected chi connectivity index (χ3v) is 14.8. The predicted octanol–water partition coefficient (Wildman–Crippen LogP) is -13.3. The lowest BCUT2D eigenvalue weighted by atomic mass is 9.93. The number of carbonyl (C=O) groups is 2. The Balaban J connectivity index is 1.24. The highest BCUT2D eigenvalue weighted by Crippen LogP contribution is 2.38. The molecule has 20 N–H and O–H groups in total. The summed E-state index contributed by atoms with van der Waals surface area (Å²) >= 11 is 0. The van der Waals surface area contributed by atoms with Gasteiger partial charge in [0.1, 0.15) is 140 Å². The van der Waals surface area contributed by atoms with E-state index in [-0.39, 0.29) is 0 Å². The van der Waals surface area contributed by atoms with Gasteiger partial charge in [0.15, 0.2) is 44.0 Å². The first-order valence-corrected chi connectivity index (χ1v) is 25.8. The van der Waals surface area contributed by atoms with Crippen LogP contribution in [-0.2, 0) is 71.2 Å². The molecule has 0 unspecified atom stereocenters. The van der Waals surface area contributed by atoms with Crippen molar-refractivity contribution in [3.8, 4) is 0 Å². The molecule has 7 rings (SSSR count). The molecular formula is C45H76N2O33. The first-order chi connectivity index (χ1) is 37.8. The average Bonchev–Trinajstić information content (AvgIpc) is 3.46. The van der Waals surface area contributed by atoms with Gasteiger partial charge in [0, 0.05) is 20.3 Å². The van der Waals surface area contributed by atoms with Gasteiger partial charge < -0.3 is 164 Å². The number of hydrogen-bond donors (Lipinski definition) is 20. The second kappa shape index (κ2) is 28.3. The largest absolute Gasteiger partial charge is 0.394 e. The van der Waals surface area contributed by atoms with Crippen LogP contribution >= 0.6 is 0 Å². The van der Waals surface area contributed by atoms with Crippen molar-refractivity contribution >= 4 is 11.8 Å². The Morgan fingerprint density at radius 1 is 0.438 bits per heavy atom. The molecule has 0 spiro atoms. The molecule has 464 valence electrons. The van der Waals surface area contributed by atoms with Crippen molar-refractivity contribution in [2.24, 2.45) is 0 Å². The molecular weight excluding hydrogens is 1100 g/mol. The van der Waals surface area contributed by atoms with Gasteiger partial charge in [0.25, 0.3) is 0 Å². The minimum atomic E-state index is -2.14. The SMILES string of the molecule is CC(=O)N[C@@H]1[C@@H](O[C@H]2O[C@H](C)[C@H](O)[C@H](O)[C@H]2O)[C@H](O[C@@H]2O[C@H](CO)[C@@H](O[C@@H]3O[C@H](CO[C@H]4O[C@H](CO)[C@@H](O)[C@H](O)[C@@H]4O)C[C@H](O[C@H]4O[C@H](CO)[C@@H](O)[C@H](O)[C@@H]4O)[C@@H]3O[C@@H]3OC[C@@H](O)[C@H](O)[C@H]3O)[C@H](O)[C@H]2NC(C)=O)[C@@H](CO)O[C@H]1O. The molecule has 80 heavy (non-hydrogen) atoms. The van der Waals surface area contributed by atoms with Crippen molar-refractivity contribution in [1.29, 1.82) is 0 Å². The summed E-state index contributed by atoms with van der Waals surface area (Å²) in [6, 6.07) is -3.49. The van der Waals surface area contributed by atoms with Gasteiger partial charge >= 0.3 is 0 Å². The summed E-state index contributed by atoms with van der Waals surface area (Å²) in [6.07, 6.45) is -57.1. The van der Waals surface area contributed by atoms with Crippen LogP contribution in [-0.4, -0.2) is 346 Å². The summed E-state index contributed by atoms with van der Waals surface area (Å²) in [4.78, 5) is 25.5. The topological polar surface area (TPSA) is 542 Å². The van der Waals surface area contributed by atoms with E-state index in [0.29, 0.717) is 0 Å². The van der Waals surface area contributed by atoms with Gasteiger partial charge in [-0.05, 0) is 6.92 Å². The molecule has 0 bridgehead atoms. The molecule has 7 heterocycles. The maximum atomic E-state index is 13.0. The second-order valence-corrected chi connectivity index (χ2v) is 20.5. The maximum absolute atomic E-state index is 13.0. The quantitative estimate of drug-likeness (QED) is 0.0571. The van der Waals surface area contributed by atoms with Crippen LogP contribution in [0.2, 0.25) is 0 Å². The van der Waals surface area contributed by atoms with E-state index in [4.69, 9.17) is 61.6 Å². The highest BCUT2D eigenvalue weighted by molar-refractivity contribution is 5.73. The zero-order valence-corrected chi connectivity index (χ0v) is 43.2. The molecule has 7 aliphatic heterocycles. The van der Waals surface area contributed by atoms with E-state index >= 15 is 0 Å². The number of amides is 2. The van der Waals surface area contributed by atoms with Crippen LogP contribution < -0.4 is 10.6 Å². The molecule has 2 amide bonds. The lowest BCUT2D eigenvalue weighted by Crippen LogP contribution is -2.71. The molecule has 0 aromatic carbocycles. The highest BCUT2D eigenvalue weighted by atomic mass is 16.8. The summed E-state index contributed by atoms with van der Waals surface area (Å²) in [5.74, 6) is -1.65. The van der Waals surface area contributed by atoms with Crippen molar-refractivity contribution in [3.05, 3.63) is 0 Å². The summed E-state index contributed by atoms with van der Waals surface area (Å²) in [5.41, 5.74) is 0. The van der Waals surface area contributed by atoms with E-state index in [1.54, 1.807) is 0 Å². The van der Waals surface area contributed by atoms with Crippen LogP contribution in [0.4, 0.5) is 0 Å². The predicted molar refractivity (Wildman–Crippen MR) is 246 cm³/mol. The molecule has 0 radical (unpaired) electrons. The molecule has 7 aliphatic rings. The third-order valence-electron chi connectivity index (χ3n) is 14.8. The number of aliphatic hydroxyl groups is 18. The number of hydrogen-bond acceptors (Lipinski definition) is 33. The Labute approximate surface area is 454 Å². The summed E-state index contributed by atoms with van der Waals surface area (Å²) < 4.78 is 77.2. The molecule has 0 saturated carbocycles. The molecule has 7 saturated heterocycles. The first kappa shape index (κ1) is 65.2. The van der Waals surface area contributed by atoms with E-state index in [1.165, 1.54) is 6.92 Å². The maximum Gasteiger partial charge on any atom is 0.217 e. The van der Waals surface area contributed by atoms with Crippen LogP contribution in [0.5, 0.6) is 0 Å². The van der Waals surface area contributed by atoms with Crippen LogP contribution in [0.25, 0.3) is 0 Å². The third kappa shape index (κ3) is 14.3. The van der Waals surface area contributed by atoms with Crippen molar-refractivity contribution < 1.29 is 163 Å². The summed E-state index contributed by atoms with van der Waals surface area (Å²) in [5, 5.41) is 198. The smallest absolute Gasteiger partial charge is 0.217 e. The van der Waals surface area contributed by atoms with Gasteiger partial charge in [-0.15, -0.1) is 0 Å². The van der Waals surface area contributed by atoms with E-state index in [9.17, 15) is 102 Å². The van der Waals surface area contributed by atoms with Crippen molar-refractivity contribution in [1.82, 2.24) is 10.6 Å². The normalized spacial score (nSPS) is 50.4. The van der Waals surface area contributed by atoms with E-state index in [1.807, 2.05) is 0 Å². The first-order valence-electron chi connectivity index (χ1n) is 25.8. The number of carbonyl (C=O) groups excluding carboxylic acids is 2. The zero-order valence-electron chi connectivity index (χ0n) is 43.2. The molecule has 0 aromatic heterocycles. The molecule has 33 atom stereocenters. The fourth-order valence-corrected chi connectivity index (χ4v) is 10.3. The Morgan fingerprint density at radius 2 is 0.912 bits per heavy atom. The fraction of sp³-hybridized carbons (Fsp3) is 0.956. The fourth-order valence-electron chi connectivity index (χ4n) is 10.3. The van der Waals surface area contributed by atoms with Crippen molar-refractivity contribution in [2.75, 3.05) is 39.6 Å². The Bertz CT molecular complexity index is 1950. The average molecular weight is 1170 g/mol. The summed E-state index contributed by atoms with van der Waals surface area (Å²) in [6.45, 7) is -1.82. The second-order valence-electron chi connectivity index (χ2n) is 20.5. The van der Waals surface area contributed by atoms with Gasteiger partial charge in [-0.25, -0.2) is 0 Å². The molecule has 35 nitrogen and oxygen atoms in total. The minimum Gasteiger partial charge on any atom is -0.394 e. The Morgan fingerprint density at radius 3 is 1.50 bits per heavy atom. The molecule has 0 aliphatic carbocycles. The van der Waals surface area contributed by atoms with Gasteiger partial charge in [0.2, 0.25) is 11.8 Å². The molecule has 0 aromatic rings. The lowest BCUT2D eigenvalue weighted by molar-refractivity contribution is -0.393. The van der Waals surface area contributed by atoms with Crippen molar-refractivity contribution in [2.45, 2.75) is 230 Å². The monoisotopic (exact) mass is 1170 g/mol. The van der Waals surface area contributed by atoms with Crippen LogP contribution in [0, 0.1) is 0 Å². The molecule has 35 heteroatoms. The van der Waals surface area contributed by atoms with Crippen LogP contribution in [0.15, 0.2) is 0 Å². The standard InChI is InChI=1S/C45H76N2O33/c1-11-23(55)28(60)33(65)43(70-11)80-38-22(47-13(3)53)39(67)72-20(8-51)36(38)78-40-21(46-12(2)52)27(59)35(19(7-50)76-40)77-45-37(79-42-31(63)24(56)15(54)10-69-42)16(73-44-34(66)30(62)26(58)18(6-49)75-44)4-14(71-45)9-68-41-32(64)29(61)25(57)17(5-48)74-41/h11,14-45,48-51,54-67H,4-10H2,1-3H3,(H,46,52)(H,47,53)/t11-,14+,15-,16+,17-,18-,19-,20-,21-,22-,23+,24+,25-,26-,27-,28+,29+,30+,31-,32+,33-,34+,35-,36-,37+,38-,39-,40+,41+,42+,43-,44+,45+/m1/s1. The van der Waals surface area contributed by atoms with E-state index in [0.717, 1.165) is 13.8 Å². The van der Waals surface area contributed by atoms with E-state index < -0.39 is 260 Å². The summed E-state index contributed by atoms with van der Waals surface area (Å²) in [7, 11) is 0. The van der Waals surface area contributed by atoms with Crippen LogP contribution in [0.1, 0.15) is 27.2 Å². The zero-order chi connectivity index (χ0) is 58.8. The van der Waals surface area contributed by atoms with Gasteiger partial charge in [0.05, 0.1) is 58.0 Å². The Kier molecular flexibility index (Phi) is 23.1. The highest BCUT2D eigenvalue weighted by Gasteiger charge is 2.58. The van der Waals surface area contributed by atoms with Crippen LogP contribution in [0.3, 0.4) is 0 Å². The number of rotatable bonds is 19. The minimum absolute atomic E-state index is 0.503. The Hall–Kier alpha value is -2.30. The molecule has 7 fully saturated rings. The van der Waals surface area contributed by atoms with Gasteiger partial charge in [-0.1, -0.05) is 0 Å². The number of aliphatic hydroxyl groups excluding tert-OH is 18. The van der Waals surface area contributed by atoms with Gasteiger partial charge in [-0.3, -0.25) is 9.59 Å². The lowest BCUT2D eigenvalue weighted by Gasteiger charge is -2.51. The number of nitrogens with one attached hydrogen (secondary N) is 2. The number of ether oxygens (including phenoxy) is 13.